The number of aliphatic hydroxyl groups excluding tert-OH is 1. The first-order valence-corrected chi connectivity index (χ1v) is 9.62. The average Bonchev–Trinajstić information content (AvgIpc) is 3.47. The molecule has 0 radical (unpaired) electrons. The molecule has 156 valence electrons. The van der Waals surface area contributed by atoms with E-state index in [4.69, 9.17) is 11.6 Å². The predicted molar refractivity (Wildman–Crippen MR) is 110 cm³/mol. The Morgan fingerprint density at radius 3 is 2.67 bits per heavy atom. The monoisotopic (exact) mass is 432 g/mol. The van der Waals surface area contributed by atoms with E-state index in [0.717, 1.165) is 18.5 Å². The second-order valence-electron chi connectivity index (χ2n) is 6.98. The Labute approximate surface area is 175 Å². The third kappa shape index (κ3) is 4.34. The molecule has 0 bridgehead atoms. The average molecular weight is 433 g/mol. The van der Waals surface area contributed by atoms with Gasteiger partial charge in [0.2, 0.25) is 5.82 Å². The zero-order valence-electron chi connectivity index (χ0n) is 15.6. The van der Waals surface area contributed by atoms with E-state index in [1.165, 1.54) is 30.3 Å². The van der Waals surface area contributed by atoms with Crippen LogP contribution in [0.3, 0.4) is 0 Å². The largest absolute Gasteiger partial charge is 0.394 e. The van der Waals surface area contributed by atoms with Gasteiger partial charge in [-0.3, -0.25) is 15.2 Å². The normalized spacial score (nSPS) is 14.4. The standard InChI is InChI=1S/C19H18ClFN6O3/c20-13-7-16(27(29)30)19(22-15(9-28)11-3-5-12(21)6-4-11)24-18(13)23-17-8-14(25-26-17)10-1-2-10/h3-8,10,15,28H,1-2,9H2,(H3,22,23,24,25,26)/t15-/m0/s1. The number of aliphatic hydroxyl groups is 1. The molecule has 4 N–H and O–H groups in total. The van der Waals surface area contributed by atoms with Gasteiger partial charge < -0.3 is 15.7 Å². The van der Waals surface area contributed by atoms with Crippen LogP contribution in [0.15, 0.2) is 36.4 Å². The van der Waals surface area contributed by atoms with Crippen molar-refractivity contribution in [3.8, 4) is 0 Å². The van der Waals surface area contributed by atoms with Crippen LogP contribution in [0.5, 0.6) is 0 Å². The molecule has 0 spiro atoms. The third-order valence-corrected chi connectivity index (χ3v) is 5.07. The van der Waals surface area contributed by atoms with Gasteiger partial charge in [-0.15, -0.1) is 0 Å². The van der Waals surface area contributed by atoms with Crippen LogP contribution in [0.25, 0.3) is 0 Å². The molecule has 0 saturated heterocycles. The first kappa shape index (κ1) is 20.0. The molecule has 1 aliphatic rings. The lowest BCUT2D eigenvalue weighted by atomic mass is 10.1. The summed E-state index contributed by atoms with van der Waals surface area (Å²) in [7, 11) is 0. The molecule has 0 amide bonds. The Balaban J connectivity index is 1.63. The molecular formula is C19H18ClFN6O3. The van der Waals surface area contributed by atoms with E-state index in [1.807, 2.05) is 6.07 Å². The molecule has 9 nitrogen and oxygen atoms in total. The molecular weight excluding hydrogens is 415 g/mol. The number of nitrogens with one attached hydrogen (secondary N) is 3. The number of anilines is 3. The van der Waals surface area contributed by atoms with Crippen LogP contribution in [-0.4, -0.2) is 31.8 Å². The van der Waals surface area contributed by atoms with Crippen LogP contribution in [0.2, 0.25) is 5.02 Å². The minimum Gasteiger partial charge on any atom is -0.394 e. The second-order valence-corrected chi connectivity index (χ2v) is 7.39. The summed E-state index contributed by atoms with van der Waals surface area (Å²) in [6.45, 7) is -0.389. The number of aromatic amines is 1. The molecule has 0 unspecified atom stereocenters. The Morgan fingerprint density at radius 1 is 1.30 bits per heavy atom. The predicted octanol–water partition coefficient (Wildman–Crippen LogP) is 4.27. The minimum absolute atomic E-state index is 0.0468. The number of nitrogens with zero attached hydrogens (tertiary/aromatic N) is 3. The fourth-order valence-corrected chi connectivity index (χ4v) is 3.23. The van der Waals surface area contributed by atoms with Crippen molar-refractivity contribution in [1.82, 2.24) is 15.2 Å². The number of hydrogen-bond acceptors (Lipinski definition) is 7. The van der Waals surface area contributed by atoms with E-state index in [1.54, 1.807) is 0 Å². The highest BCUT2D eigenvalue weighted by atomic mass is 35.5. The maximum absolute atomic E-state index is 13.2. The van der Waals surface area contributed by atoms with Crippen molar-refractivity contribution in [2.45, 2.75) is 24.8 Å². The zero-order valence-corrected chi connectivity index (χ0v) is 16.4. The van der Waals surface area contributed by atoms with Gasteiger partial charge in [-0.1, -0.05) is 23.7 Å². The van der Waals surface area contributed by atoms with Gasteiger partial charge in [-0.05, 0) is 30.5 Å². The lowest BCUT2D eigenvalue weighted by molar-refractivity contribution is -0.384. The number of rotatable bonds is 8. The smallest absolute Gasteiger partial charge is 0.313 e. The maximum Gasteiger partial charge on any atom is 0.313 e. The molecule has 1 atom stereocenters. The molecule has 2 heterocycles. The number of benzene rings is 1. The molecule has 30 heavy (non-hydrogen) atoms. The lowest BCUT2D eigenvalue weighted by Crippen LogP contribution is -2.17. The highest BCUT2D eigenvalue weighted by Crippen LogP contribution is 2.40. The van der Waals surface area contributed by atoms with Crippen molar-refractivity contribution in [2.24, 2.45) is 0 Å². The van der Waals surface area contributed by atoms with Crippen molar-refractivity contribution < 1.29 is 14.4 Å². The highest BCUT2D eigenvalue weighted by Gasteiger charge is 2.26. The number of aromatic nitrogens is 3. The Hall–Kier alpha value is -3.24. The first-order valence-electron chi connectivity index (χ1n) is 9.24. The zero-order chi connectivity index (χ0) is 21.3. The van der Waals surface area contributed by atoms with E-state index >= 15 is 0 Å². The summed E-state index contributed by atoms with van der Waals surface area (Å²) in [5, 5.41) is 34.2. The fraction of sp³-hybridized carbons (Fsp3) is 0.263. The molecule has 11 heteroatoms. The lowest BCUT2D eigenvalue weighted by Gasteiger charge is -2.18. The van der Waals surface area contributed by atoms with E-state index in [9.17, 15) is 19.6 Å². The summed E-state index contributed by atoms with van der Waals surface area (Å²) in [6.07, 6.45) is 2.22. The Kier molecular flexibility index (Phi) is 5.51. The van der Waals surface area contributed by atoms with Gasteiger partial charge in [0.05, 0.1) is 22.6 Å². The molecule has 1 aromatic carbocycles. The minimum atomic E-state index is -0.738. The molecule has 1 aliphatic carbocycles. The molecule has 3 aromatic rings. The number of pyridine rings is 1. The van der Waals surface area contributed by atoms with Gasteiger partial charge >= 0.3 is 5.69 Å². The van der Waals surface area contributed by atoms with Crippen molar-refractivity contribution in [1.29, 1.82) is 0 Å². The molecule has 0 aliphatic heterocycles. The summed E-state index contributed by atoms with van der Waals surface area (Å²) in [4.78, 5) is 15.1. The molecule has 2 aromatic heterocycles. The van der Waals surface area contributed by atoms with E-state index in [2.05, 4.69) is 25.8 Å². The quantitative estimate of drug-likeness (QED) is 0.309. The van der Waals surface area contributed by atoms with Crippen LogP contribution in [-0.2, 0) is 0 Å². The van der Waals surface area contributed by atoms with E-state index < -0.39 is 16.8 Å². The highest BCUT2D eigenvalue weighted by molar-refractivity contribution is 6.33. The van der Waals surface area contributed by atoms with Crippen molar-refractivity contribution in [3.63, 3.8) is 0 Å². The summed E-state index contributed by atoms with van der Waals surface area (Å²) in [5.41, 5.74) is 1.19. The van der Waals surface area contributed by atoms with Gasteiger partial charge in [0.15, 0.2) is 11.6 Å². The Bertz CT molecular complexity index is 1070. The van der Waals surface area contributed by atoms with Crippen LogP contribution in [0, 0.1) is 15.9 Å². The van der Waals surface area contributed by atoms with Crippen molar-refractivity contribution in [3.05, 3.63) is 68.6 Å². The van der Waals surface area contributed by atoms with Crippen LogP contribution < -0.4 is 10.6 Å². The fourth-order valence-electron chi connectivity index (χ4n) is 3.03. The summed E-state index contributed by atoms with van der Waals surface area (Å²) in [6, 6.07) is 7.72. The third-order valence-electron chi connectivity index (χ3n) is 4.78. The topological polar surface area (TPSA) is 129 Å². The number of hydrogen-bond donors (Lipinski definition) is 4. The van der Waals surface area contributed by atoms with Crippen LogP contribution in [0.4, 0.5) is 27.5 Å². The Morgan fingerprint density at radius 2 is 2.03 bits per heavy atom. The van der Waals surface area contributed by atoms with Gasteiger partial charge in [-0.2, -0.15) is 5.10 Å². The SMILES string of the molecule is O=[N+]([O-])c1cc(Cl)c(Nc2cc(C3CC3)[nH]n2)nc1N[C@@H](CO)c1ccc(F)cc1. The maximum atomic E-state index is 13.2. The second kappa shape index (κ2) is 8.25. The number of nitro groups is 1. The van der Waals surface area contributed by atoms with Crippen molar-refractivity contribution >= 4 is 34.7 Å². The number of H-pyrrole nitrogens is 1. The van der Waals surface area contributed by atoms with Gasteiger partial charge in [0.1, 0.15) is 5.82 Å². The summed E-state index contributed by atoms with van der Waals surface area (Å²) in [5.74, 6) is 0.625. The summed E-state index contributed by atoms with van der Waals surface area (Å²) < 4.78 is 13.2. The van der Waals surface area contributed by atoms with Gasteiger partial charge in [-0.25, -0.2) is 9.37 Å². The first-order chi connectivity index (χ1) is 14.4. The summed E-state index contributed by atoms with van der Waals surface area (Å²) >= 11 is 6.20. The van der Waals surface area contributed by atoms with Crippen molar-refractivity contribution in [2.75, 3.05) is 17.2 Å². The number of halogens is 2. The molecule has 4 rings (SSSR count). The molecule has 1 fully saturated rings. The van der Waals surface area contributed by atoms with Crippen LogP contribution in [0.1, 0.15) is 36.1 Å². The van der Waals surface area contributed by atoms with Crippen LogP contribution >= 0.6 is 11.6 Å². The van der Waals surface area contributed by atoms with E-state index in [0.29, 0.717) is 17.3 Å². The van der Waals surface area contributed by atoms with Gasteiger partial charge in [0.25, 0.3) is 0 Å². The molecule has 1 saturated carbocycles. The van der Waals surface area contributed by atoms with Gasteiger partial charge in [0, 0.05) is 23.7 Å². The van der Waals surface area contributed by atoms with E-state index in [-0.39, 0.29) is 29.0 Å².